The molecule has 0 fully saturated rings. The first-order chi connectivity index (χ1) is 9.29. The van der Waals surface area contributed by atoms with Crippen LogP contribution in [0.15, 0.2) is 39.0 Å². The van der Waals surface area contributed by atoms with Gasteiger partial charge in [0, 0.05) is 4.88 Å². The van der Waals surface area contributed by atoms with Crippen molar-refractivity contribution in [3.8, 4) is 0 Å². The molecule has 0 unspecified atom stereocenters. The highest BCUT2D eigenvalue weighted by atomic mass is 79.9. The van der Waals surface area contributed by atoms with Crippen molar-refractivity contribution in [3.05, 3.63) is 49.6 Å². The number of carbonyl (C=O) groups is 1. The molecule has 0 bridgehead atoms. The molecule has 1 aromatic carbocycles. The van der Waals surface area contributed by atoms with E-state index in [1.807, 2.05) is 0 Å². The van der Waals surface area contributed by atoms with E-state index in [0.29, 0.717) is 4.88 Å². The summed E-state index contributed by atoms with van der Waals surface area (Å²) in [7, 11) is -3.55. The smallest absolute Gasteiger partial charge is 0.337 e. The molecule has 2 rings (SSSR count). The molecule has 4 nitrogen and oxygen atoms in total. The van der Waals surface area contributed by atoms with Crippen LogP contribution in [0.1, 0.15) is 15.2 Å². The zero-order valence-electron chi connectivity index (χ0n) is 9.84. The standard InChI is InChI=1S/C12H8BrClO4S2/c13-11-4-1-7(19-11)6-20(17,18)8-2-3-9(12(15)16)10(14)5-8/h1-5H,6H2,(H,15,16). The van der Waals surface area contributed by atoms with Crippen LogP contribution in [0.5, 0.6) is 0 Å². The zero-order valence-corrected chi connectivity index (χ0v) is 13.8. The van der Waals surface area contributed by atoms with Gasteiger partial charge in [-0.05, 0) is 46.3 Å². The zero-order chi connectivity index (χ0) is 14.9. The Kier molecular flexibility index (Phi) is 4.53. The second-order valence-electron chi connectivity index (χ2n) is 3.91. The maximum absolute atomic E-state index is 12.2. The third kappa shape index (κ3) is 3.41. The van der Waals surface area contributed by atoms with Gasteiger partial charge in [0.05, 0.1) is 25.0 Å². The lowest BCUT2D eigenvalue weighted by Crippen LogP contribution is -2.05. The van der Waals surface area contributed by atoms with E-state index < -0.39 is 15.8 Å². The van der Waals surface area contributed by atoms with Crippen LogP contribution in [0.2, 0.25) is 5.02 Å². The van der Waals surface area contributed by atoms with E-state index in [1.165, 1.54) is 29.5 Å². The molecule has 20 heavy (non-hydrogen) atoms. The van der Waals surface area contributed by atoms with E-state index in [9.17, 15) is 13.2 Å². The van der Waals surface area contributed by atoms with Crippen LogP contribution >= 0.6 is 38.9 Å². The number of hydrogen-bond donors (Lipinski definition) is 1. The van der Waals surface area contributed by atoms with Gasteiger partial charge in [-0.2, -0.15) is 0 Å². The fourth-order valence-electron chi connectivity index (χ4n) is 1.56. The van der Waals surface area contributed by atoms with Crippen molar-refractivity contribution in [2.24, 2.45) is 0 Å². The van der Waals surface area contributed by atoms with E-state index in [1.54, 1.807) is 12.1 Å². The van der Waals surface area contributed by atoms with E-state index in [0.717, 1.165) is 3.79 Å². The fourth-order valence-corrected chi connectivity index (χ4v) is 5.08. The first-order valence-corrected chi connectivity index (χ1v) is 8.93. The minimum Gasteiger partial charge on any atom is -0.478 e. The number of aromatic carboxylic acids is 1. The summed E-state index contributed by atoms with van der Waals surface area (Å²) in [6, 6.07) is 7.12. The van der Waals surface area contributed by atoms with Crippen molar-refractivity contribution in [1.29, 1.82) is 0 Å². The van der Waals surface area contributed by atoms with Crippen LogP contribution in [0.25, 0.3) is 0 Å². The number of carboxylic acid groups (broad SMARTS) is 1. The predicted molar refractivity (Wildman–Crippen MR) is 81.3 cm³/mol. The monoisotopic (exact) mass is 394 g/mol. The van der Waals surface area contributed by atoms with E-state index in [2.05, 4.69) is 15.9 Å². The fraction of sp³-hybridized carbons (Fsp3) is 0.0833. The molecule has 0 radical (unpaired) electrons. The summed E-state index contributed by atoms with van der Waals surface area (Å²) in [6.07, 6.45) is 0. The van der Waals surface area contributed by atoms with E-state index in [4.69, 9.17) is 16.7 Å². The first kappa shape index (κ1) is 15.5. The quantitative estimate of drug-likeness (QED) is 0.854. The van der Waals surface area contributed by atoms with Gasteiger partial charge in [0.1, 0.15) is 0 Å². The Morgan fingerprint density at radius 3 is 2.50 bits per heavy atom. The summed E-state index contributed by atoms with van der Waals surface area (Å²) in [5.41, 5.74) is -0.121. The summed E-state index contributed by atoms with van der Waals surface area (Å²) < 4.78 is 25.3. The van der Waals surface area contributed by atoms with Crippen LogP contribution in [-0.2, 0) is 15.6 Å². The molecule has 1 aromatic heterocycles. The van der Waals surface area contributed by atoms with Gasteiger partial charge in [0.15, 0.2) is 9.84 Å². The van der Waals surface area contributed by atoms with Crippen molar-refractivity contribution in [1.82, 2.24) is 0 Å². The second kappa shape index (κ2) is 5.85. The highest BCUT2D eigenvalue weighted by Gasteiger charge is 2.19. The number of hydrogen-bond acceptors (Lipinski definition) is 4. The predicted octanol–water partition coefficient (Wildman–Crippen LogP) is 3.84. The average molecular weight is 396 g/mol. The molecule has 0 atom stereocenters. The second-order valence-corrected chi connectivity index (χ2v) is 8.86. The number of halogens is 2. The molecular weight excluding hydrogens is 388 g/mol. The van der Waals surface area contributed by atoms with Crippen LogP contribution in [0, 0.1) is 0 Å². The number of carboxylic acids is 1. The Bertz CT molecular complexity index is 768. The third-order valence-corrected chi connectivity index (χ3v) is 6.27. The lowest BCUT2D eigenvalue weighted by molar-refractivity contribution is 0.0697. The largest absolute Gasteiger partial charge is 0.478 e. The Balaban J connectivity index is 2.35. The molecule has 0 aliphatic heterocycles. The first-order valence-electron chi connectivity index (χ1n) is 5.29. The van der Waals surface area contributed by atoms with Crippen LogP contribution in [0.3, 0.4) is 0 Å². The Labute approximate surface area is 133 Å². The number of thiophene rings is 1. The average Bonchev–Trinajstić information content (AvgIpc) is 2.73. The van der Waals surface area contributed by atoms with Gasteiger partial charge >= 0.3 is 5.97 Å². The third-order valence-electron chi connectivity index (χ3n) is 2.49. The number of rotatable bonds is 4. The highest BCUT2D eigenvalue weighted by Crippen LogP contribution is 2.27. The van der Waals surface area contributed by atoms with Crippen molar-refractivity contribution in [3.63, 3.8) is 0 Å². The molecule has 2 aromatic rings. The van der Waals surface area contributed by atoms with Crippen LogP contribution in [0.4, 0.5) is 0 Å². The minimum atomic E-state index is -3.55. The molecule has 0 saturated carbocycles. The highest BCUT2D eigenvalue weighted by molar-refractivity contribution is 9.11. The van der Waals surface area contributed by atoms with Gasteiger partial charge in [0.2, 0.25) is 0 Å². The van der Waals surface area contributed by atoms with Gasteiger partial charge < -0.3 is 5.11 Å². The SMILES string of the molecule is O=C(O)c1ccc(S(=O)(=O)Cc2ccc(Br)s2)cc1Cl. The number of sulfone groups is 1. The molecule has 8 heteroatoms. The summed E-state index contributed by atoms with van der Waals surface area (Å²) in [6.45, 7) is 0. The van der Waals surface area contributed by atoms with Crippen molar-refractivity contribution in [2.75, 3.05) is 0 Å². The summed E-state index contributed by atoms with van der Waals surface area (Å²) in [5, 5.41) is 8.77. The molecule has 0 aliphatic carbocycles. The molecule has 1 heterocycles. The summed E-state index contributed by atoms with van der Waals surface area (Å²) in [4.78, 5) is 11.5. The van der Waals surface area contributed by atoms with Gasteiger partial charge in [-0.15, -0.1) is 11.3 Å². The van der Waals surface area contributed by atoms with Gasteiger partial charge in [0.25, 0.3) is 0 Å². The molecule has 0 amide bonds. The summed E-state index contributed by atoms with van der Waals surface area (Å²) >= 11 is 10.4. The lowest BCUT2D eigenvalue weighted by Gasteiger charge is -2.05. The molecule has 0 aliphatic rings. The molecule has 1 N–H and O–H groups in total. The Hall–Kier alpha value is -0.890. The minimum absolute atomic E-state index is 0.0111. The maximum Gasteiger partial charge on any atom is 0.337 e. The van der Waals surface area contributed by atoms with Gasteiger partial charge in [-0.25, -0.2) is 13.2 Å². The Morgan fingerprint density at radius 2 is 2.00 bits per heavy atom. The molecule has 0 spiro atoms. The van der Waals surface area contributed by atoms with Crippen LogP contribution < -0.4 is 0 Å². The van der Waals surface area contributed by atoms with Crippen molar-refractivity contribution >= 4 is 54.7 Å². The normalized spacial score (nSPS) is 11.5. The maximum atomic E-state index is 12.2. The van der Waals surface area contributed by atoms with Crippen LogP contribution in [-0.4, -0.2) is 19.5 Å². The molecular formula is C12H8BrClO4S2. The van der Waals surface area contributed by atoms with Crippen molar-refractivity contribution in [2.45, 2.75) is 10.6 Å². The van der Waals surface area contributed by atoms with E-state index >= 15 is 0 Å². The molecule has 106 valence electrons. The lowest BCUT2D eigenvalue weighted by atomic mass is 10.2. The molecule has 0 saturated heterocycles. The Morgan fingerprint density at radius 1 is 1.30 bits per heavy atom. The topological polar surface area (TPSA) is 71.4 Å². The summed E-state index contributed by atoms with van der Waals surface area (Å²) in [5.74, 6) is -1.34. The van der Waals surface area contributed by atoms with Crippen molar-refractivity contribution < 1.29 is 18.3 Å². The van der Waals surface area contributed by atoms with Gasteiger partial charge in [-0.3, -0.25) is 0 Å². The van der Waals surface area contributed by atoms with Gasteiger partial charge in [-0.1, -0.05) is 11.6 Å². The van der Waals surface area contributed by atoms with E-state index in [-0.39, 0.29) is 21.2 Å². The number of benzene rings is 1.